The van der Waals surface area contributed by atoms with Gasteiger partial charge in [0.1, 0.15) is 6.61 Å². The molecule has 0 radical (unpaired) electrons. The topological polar surface area (TPSA) is 92.4 Å². The number of rotatable bonds is 6. The van der Waals surface area contributed by atoms with Crippen molar-refractivity contribution in [2.45, 2.75) is 56.6 Å². The Morgan fingerprint density at radius 1 is 0.857 bits per heavy atom. The minimum absolute atomic E-state index is 0.0775. The zero-order chi connectivity index (χ0) is 30.5. The van der Waals surface area contributed by atoms with Gasteiger partial charge in [0.15, 0.2) is 0 Å². The summed E-state index contributed by atoms with van der Waals surface area (Å²) in [5.74, 6) is -0.217. The molecule has 0 aromatic heterocycles. The Bertz CT molecular complexity index is 1360. The second kappa shape index (κ2) is 12.9. The standard InChI is InChI=1S/C29H29F6N5O2/c30-28(31,32)25-14-22(4-2-19(25)16-36)38-21-5-8-24(9-6-21)42-18-27(41)40-11-1-10-39(12-13-40)23-7-3-20(17-37)26(15-23)29(33,34)35/h2-4,7,14-15,21,24,38H,1,5-6,8-13,18H2. The second-order valence-corrected chi connectivity index (χ2v) is 10.4. The van der Waals surface area contributed by atoms with Crippen LogP contribution in [0.15, 0.2) is 36.4 Å². The van der Waals surface area contributed by atoms with Crippen molar-refractivity contribution in [2.24, 2.45) is 0 Å². The Morgan fingerprint density at radius 2 is 1.48 bits per heavy atom. The fourth-order valence-corrected chi connectivity index (χ4v) is 5.34. The molecule has 2 fully saturated rings. The highest BCUT2D eigenvalue weighted by Gasteiger charge is 2.35. The van der Waals surface area contributed by atoms with Gasteiger partial charge in [-0.3, -0.25) is 4.79 Å². The van der Waals surface area contributed by atoms with E-state index in [1.54, 1.807) is 21.9 Å². The van der Waals surface area contributed by atoms with Crippen LogP contribution in [0.5, 0.6) is 0 Å². The first-order valence-electron chi connectivity index (χ1n) is 13.5. The van der Waals surface area contributed by atoms with Crippen LogP contribution in [0.4, 0.5) is 37.7 Å². The highest BCUT2D eigenvalue weighted by Crippen LogP contribution is 2.36. The molecule has 4 rings (SSSR count). The van der Waals surface area contributed by atoms with Crippen LogP contribution < -0.4 is 10.2 Å². The highest BCUT2D eigenvalue weighted by molar-refractivity contribution is 5.77. The van der Waals surface area contributed by atoms with E-state index in [-0.39, 0.29) is 30.3 Å². The summed E-state index contributed by atoms with van der Waals surface area (Å²) in [6, 6.07) is 10.2. The SMILES string of the molecule is N#Cc1ccc(NC2CCC(OCC(=O)N3CCCN(c4ccc(C#N)c(C(F)(F)F)c4)CC3)CC2)cc1C(F)(F)F. The van der Waals surface area contributed by atoms with Gasteiger partial charge in [-0.25, -0.2) is 0 Å². The number of nitrogens with one attached hydrogen (secondary N) is 1. The van der Waals surface area contributed by atoms with Crippen LogP contribution in [-0.4, -0.2) is 55.7 Å². The van der Waals surface area contributed by atoms with E-state index in [1.165, 1.54) is 12.1 Å². The van der Waals surface area contributed by atoms with E-state index < -0.39 is 34.6 Å². The Hall–Kier alpha value is -3.97. The van der Waals surface area contributed by atoms with Crippen molar-refractivity contribution in [1.82, 2.24) is 4.90 Å². The summed E-state index contributed by atoms with van der Waals surface area (Å²) in [5, 5.41) is 21.1. The molecule has 0 bridgehead atoms. The minimum atomic E-state index is -4.65. The summed E-state index contributed by atoms with van der Waals surface area (Å²) in [6.45, 7) is 1.39. The monoisotopic (exact) mass is 593 g/mol. The van der Waals surface area contributed by atoms with E-state index in [4.69, 9.17) is 15.3 Å². The van der Waals surface area contributed by atoms with Crippen molar-refractivity contribution in [1.29, 1.82) is 10.5 Å². The van der Waals surface area contributed by atoms with E-state index >= 15 is 0 Å². The first-order valence-corrected chi connectivity index (χ1v) is 13.5. The molecule has 42 heavy (non-hydrogen) atoms. The van der Waals surface area contributed by atoms with E-state index in [1.807, 2.05) is 0 Å². The summed E-state index contributed by atoms with van der Waals surface area (Å²) in [6.07, 6.45) is -6.43. The van der Waals surface area contributed by atoms with Crippen LogP contribution in [-0.2, 0) is 21.9 Å². The fourth-order valence-electron chi connectivity index (χ4n) is 5.34. The molecule has 0 unspecified atom stereocenters. The van der Waals surface area contributed by atoms with E-state index in [2.05, 4.69) is 5.32 Å². The summed E-state index contributed by atoms with van der Waals surface area (Å²) >= 11 is 0. The first-order chi connectivity index (χ1) is 19.9. The number of hydrogen-bond donors (Lipinski definition) is 1. The number of hydrogen-bond acceptors (Lipinski definition) is 6. The van der Waals surface area contributed by atoms with Crippen LogP contribution in [0, 0.1) is 22.7 Å². The number of carbonyl (C=O) groups is 1. The molecule has 1 aliphatic heterocycles. The third-order valence-electron chi connectivity index (χ3n) is 7.58. The predicted octanol–water partition coefficient (Wildman–Crippen LogP) is 5.95. The Labute approximate surface area is 239 Å². The average Bonchev–Trinajstić information content (AvgIpc) is 3.22. The average molecular weight is 594 g/mol. The molecule has 1 saturated carbocycles. The maximum absolute atomic E-state index is 13.4. The maximum Gasteiger partial charge on any atom is 0.417 e. The molecule has 13 heteroatoms. The largest absolute Gasteiger partial charge is 0.417 e. The highest BCUT2D eigenvalue weighted by atomic mass is 19.4. The second-order valence-electron chi connectivity index (χ2n) is 10.4. The third kappa shape index (κ3) is 7.65. The number of halogens is 6. The van der Waals surface area contributed by atoms with Gasteiger partial charge in [-0.05, 0) is 68.5 Å². The van der Waals surface area contributed by atoms with Crippen LogP contribution in [0.1, 0.15) is 54.4 Å². The molecule has 2 aromatic rings. The Balaban J connectivity index is 1.24. The molecule has 2 aromatic carbocycles. The number of nitrogens with zero attached hydrogens (tertiary/aromatic N) is 4. The summed E-state index contributed by atoms with van der Waals surface area (Å²) in [5.41, 5.74) is -2.22. The molecular formula is C29H29F6N5O2. The fraction of sp³-hybridized carbons (Fsp3) is 0.483. The molecule has 1 N–H and O–H groups in total. The summed E-state index contributed by atoms with van der Waals surface area (Å²) < 4.78 is 85.7. The van der Waals surface area contributed by atoms with Gasteiger partial charge in [-0.2, -0.15) is 36.9 Å². The van der Waals surface area contributed by atoms with Crippen molar-refractivity contribution in [3.63, 3.8) is 0 Å². The molecule has 2 aliphatic rings. The summed E-state index contributed by atoms with van der Waals surface area (Å²) in [7, 11) is 0. The van der Waals surface area contributed by atoms with Gasteiger partial charge in [0.2, 0.25) is 5.91 Å². The van der Waals surface area contributed by atoms with Crippen molar-refractivity contribution in [3.8, 4) is 12.1 Å². The van der Waals surface area contributed by atoms with Crippen LogP contribution in [0.3, 0.4) is 0 Å². The molecule has 1 aliphatic carbocycles. The van der Waals surface area contributed by atoms with Crippen LogP contribution >= 0.6 is 0 Å². The van der Waals surface area contributed by atoms with Crippen molar-refractivity contribution >= 4 is 17.3 Å². The number of carbonyl (C=O) groups excluding carboxylic acids is 1. The number of amides is 1. The first kappa shape index (κ1) is 31.0. The van der Waals surface area contributed by atoms with Crippen molar-refractivity contribution in [3.05, 3.63) is 58.7 Å². The number of benzene rings is 2. The van der Waals surface area contributed by atoms with Crippen molar-refractivity contribution in [2.75, 3.05) is 43.0 Å². The number of alkyl halides is 6. The quantitative estimate of drug-likeness (QED) is 0.417. The van der Waals surface area contributed by atoms with Gasteiger partial charge in [0, 0.05) is 43.6 Å². The predicted molar refractivity (Wildman–Crippen MR) is 141 cm³/mol. The lowest BCUT2D eigenvalue weighted by atomic mass is 9.92. The molecule has 1 saturated heterocycles. The van der Waals surface area contributed by atoms with E-state index in [0.29, 0.717) is 64.0 Å². The smallest absolute Gasteiger partial charge is 0.382 e. The van der Waals surface area contributed by atoms with Gasteiger partial charge in [-0.15, -0.1) is 0 Å². The van der Waals surface area contributed by atoms with Gasteiger partial charge in [0.25, 0.3) is 0 Å². The molecule has 0 atom stereocenters. The minimum Gasteiger partial charge on any atom is -0.382 e. The van der Waals surface area contributed by atoms with E-state index in [9.17, 15) is 31.1 Å². The van der Waals surface area contributed by atoms with Gasteiger partial charge in [0.05, 0.1) is 40.5 Å². The normalized spacial score (nSPS) is 19.9. The molecule has 1 heterocycles. The molecule has 0 spiro atoms. The number of ether oxygens (including phenoxy) is 1. The molecule has 1 amide bonds. The van der Waals surface area contributed by atoms with Crippen LogP contribution in [0.2, 0.25) is 0 Å². The lowest BCUT2D eigenvalue weighted by molar-refractivity contribution is -0.139. The molecular weight excluding hydrogens is 564 g/mol. The third-order valence-corrected chi connectivity index (χ3v) is 7.58. The zero-order valence-electron chi connectivity index (χ0n) is 22.6. The van der Waals surface area contributed by atoms with Gasteiger partial charge < -0.3 is 19.9 Å². The lowest BCUT2D eigenvalue weighted by Crippen LogP contribution is -2.39. The van der Waals surface area contributed by atoms with Crippen molar-refractivity contribution < 1.29 is 35.9 Å². The van der Waals surface area contributed by atoms with Gasteiger partial charge >= 0.3 is 12.4 Å². The van der Waals surface area contributed by atoms with Crippen LogP contribution in [0.25, 0.3) is 0 Å². The number of anilines is 2. The Kier molecular flexibility index (Phi) is 9.52. The van der Waals surface area contributed by atoms with E-state index in [0.717, 1.165) is 24.3 Å². The Morgan fingerprint density at radius 3 is 2.10 bits per heavy atom. The maximum atomic E-state index is 13.4. The van der Waals surface area contributed by atoms with Gasteiger partial charge in [-0.1, -0.05) is 0 Å². The summed E-state index contributed by atoms with van der Waals surface area (Å²) in [4.78, 5) is 16.2. The lowest BCUT2D eigenvalue weighted by Gasteiger charge is -2.30. The number of nitriles is 2. The molecule has 224 valence electrons. The molecule has 7 nitrogen and oxygen atoms in total. The zero-order valence-corrected chi connectivity index (χ0v) is 22.6.